The third-order valence-corrected chi connectivity index (χ3v) is 6.41. The van der Waals surface area contributed by atoms with Crippen LogP contribution in [-0.4, -0.2) is 10.8 Å². The normalized spacial score (nSPS) is 18.9. The summed E-state index contributed by atoms with van der Waals surface area (Å²) in [5.41, 5.74) is 4.99. The van der Waals surface area contributed by atoms with Crippen LogP contribution in [0.2, 0.25) is 10.0 Å². The summed E-state index contributed by atoms with van der Waals surface area (Å²) in [4.78, 5) is 4.98. The molecule has 0 aromatic heterocycles. The predicted molar refractivity (Wildman–Crippen MR) is 128 cm³/mol. The highest BCUT2D eigenvalue weighted by Crippen LogP contribution is 2.37. The van der Waals surface area contributed by atoms with E-state index in [1.165, 1.54) is 5.56 Å². The summed E-state index contributed by atoms with van der Waals surface area (Å²) >= 11 is 16.1. The molecule has 30 heavy (non-hydrogen) atoms. The molecule has 0 unspecified atom stereocenters. The molecule has 3 nitrogen and oxygen atoms in total. The molecule has 154 valence electrons. The molecular weight excluding hydrogens is 483 g/mol. The average Bonchev–Trinajstić information content (AvgIpc) is 2.75. The molecule has 0 saturated carbocycles. The summed E-state index contributed by atoms with van der Waals surface area (Å²) in [7, 11) is 0. The number of rotatable bonds is 4. The van der Waals surface area contributed by atoms with E-state index >= 15 is 0 Å². The summed E-state index contributed by atoms with van der Waals surface area (Å²) in [6.07, 6.45) is 1.29. The van der Waals surface area contributed by atoms with Gasteiger partial charge in [0.05, 0.1) is 0 Å². The van der Waals surface area contributed by atoms with Crippen LogP contribution in [0.25, 0.3) is 0 Å². The number of phenols is 1. The molecule has 2 atom stereocenters. The molecule has 0 bridgehead atoms. The second kappa shape index (κ2) is 9.11. The molecule has 1 aliphatic rings. The van der Waals surface area contributed by atoms with Crippen LogP contribution in [0.4, 0.5) is 0 Å². The van der Waals surface area contributed by atoms with Gasteiger partial charge in [0.15, 0.2) is 0 Å². The largest absolute Gasteiger partial charge is 0.508 e. The molecule has 0 radical (unpaired) electrons. The molecule has 2 N–H and O–H groups in total. The third-order valence-electron chi connectivity index (χ3n) is 5.36. The van der Waals surface area contributed by atoms with Crippen LogP contribution in [0.1, 0.15) is 47.8 Å². The number of hydrogen-bond donors (Lipinski definition) is 2. The fourth-order valence-corrected chi connectivity index (χ4v) is 4.59. The van der Waals surface area contributed by atoms with Crippen LogP contribution in [0, 0.1) is 0 Å². The molecule has 0 saturated heterocycles. The molecule has 3 aromatic rings. The van der Waals surface area contributed by atoms with Gasteiger partial charge in [-0.1, -0.05) is 76.4 Å². The van der Waals surface area contributed by atoms with Gasteiger partial charge in [-0.05, 0) is 47.9 Å². The Hall–Kier alpha value is -1.85. The van der Waals surface area contributed by atoms with Gasteiger partial charge in [-0.25, -0.2) is 0 Å². The highest BCUT2D eigenvalue weighted by Gasteiger charge is 2.28. The summed E-state index contributed by atoms with van der Waals surface area (Å²) in [5, 5.41) is 15.2. The number of nitrogens with zero attached hydrogens (tertiary/aromatic N) is 1. The second-order valence-electron chi connectivity index (χ2n) is 7.32. The lowest BCUT2D eigenvalue weighted by molar-refractivity contribution is 0.412. The number of hydrogen-bond acceptors (Lipinski definition) is 3. The van der Waals surface area contributed by atoms with Gasteiger partial charge in [-0.3, -0.25) is 10.3 Å². The fraction of sp³-hybridized carbons (Fsp3) is 0.208. The third kappa shape index (κ3) is 4.57. The first-order valence-electron chi connectivity index (χ1n) is 9.80. The van der Waals surface area contributed by atoms with Crippen molar-refractivity contribution in [3.8, 4) is 5.75 Å². The van der Waals surface area contributed by atoms with Crippen molar-refractivity contribution in [1.29, 1.82) is 0 Å². The second-order valence-corrected chi connectivity index (χ2v) is 9.08. The number of aryl methyl sites for hydroxylation is 1. The van der Waals surface area contributed by atoms with E-state index in [1.807, 2.05) is 24.3 Å². The van der Waals surface area contributed by atoms with Gasteiger partial charge in [0.1, 0.15) is 11.9 Å². The average molecular weight is 504 g/mol. The fourth-order valence-electron chi connectivity index (χ4n) is 3.70. The number of halogens is 3. The Morgan fingerprint density at radius 3 is 2.50 bits per heavy atom. The Bertz CT molecular complexity index is 1100. The molecule has 1 heterocycles. The maximum Gasteiger partial charge on any atom is 0.127 e. The Labute approximate surface area is 194 Å². The van der Waals surface area contributed by atoms with Gasteiger partial charge < -0.3 is 5.11 Å². The smallest absolute Gasteiger partial charge is 0.127 e. The van der Waals surface area contributed by atoms with Gasteiger partial charge in [0.2, 0.25) is 0 Å². The van der Waals surface area contributed by atoms with Gasteiger partial charge in [-0.2, -0.15) is 0 Å². The molecule has 0 amide bonds. The van der Waals surface area contributed by atoms with Crippen LogP contribution in [-0.2, 0) is 6.42 Å². The molecular formula is C24H21BrCl2N2O. The van der Waals surface area contributed by atoms with Gasteiger partial charge >= 0.3 is 0 Å². The minimum atomic E-state index is -0.354. The zero-order valence-corrected chi connectivity index (χ0v) is 19.5. The highest BCUT2D eigenvalue weighted by atomic mass is 79.9. The standard InChI is InChI=1S/C24H21BrCl2N2O/c1-2-14-3-5-15(6-4-14)21-13-22(19-11-16(25)7-10-23(19)30)29-24(28-21)18-9-8-17(26)12-20(18)27/h3-12,22,24,29-30H,2,13H2,1H3/t22-,24+/m0/s1. The number of aromatic hydroxyl groups is 1. The highest BCUT2D eigenvalue weighted by molar-refractivity contribution is 9.10. The van der Waals surface area contributed by atoms with Gasteiger partial charge in [-0.15, -0.1) is 0 Å². The summed E-state index contributed by atoms with van der Waals surface area (Å²) in [6, 6.07) is 19.3. The predicted octanol–water partition coefficient (Wildman–Crippen LogP) is 7.25. The van der Waals surface area contributed by atoms with E-state index in [-0.39, 0.29) is 18.0 Å². The Morgan fingerprint density at radius 1 is 1.03 bits per heavy atom. The quantitative estimate of drug-likeness (QED) is 0.393. The molecule has 1 aliphatic heterocycles. The first kappa shape index (κ1) is 21.4. The molecule has 0 fully saturated rings. The number of benzene rings is 3. The van der Waals surface area contributed by atoms with E-state index in [0.29, 0.717) is 16.5 Å². The molecule has 0 spiro atoms. The van der Waals surface area contributed by atoms with E-state index in [4.69, 9.17) is 28.2 Å². The summed E-state index contributed by atoms with van der Waals surface area (Å²) in [5.74, 6) is 0.249. The van der Waals surface area contributed by atoms with Gasteiger partial charge in [0.25, 0.3) is 0 Å². The van der Waals surface area contributed by atoms with Crippen molar-refractivity contribution >= 4 is 44.8 Å². The van der Waals surface area contributed by atoms with Crippen molar-refractivity contribution in [2.75, 3.05) is 0 Å². The van der Waals surface area contributed by atoms with Crippen LogP contribution >= 0.6 is 39.1 Å². The monoisotopic (exact) mass is 502 g/mol. The zero-order valence-electron chi connectivity index (χ0n) is 16.4. The number of nitrogens with one attached hydrogen (secondary N) is 1. The van der Waals surface area contributed by atoms with Gasteiger partial charge in [0, 0.05) is 43.8 Å². The molecule has 0 aliphatic carbocycles. The lowest BCUT2D eigenvalue weighted by Gasteiger charge is -2.31. The molecule has 6 heteroatoms. The molecule has 4 rings (SSSR count). The van der Waals surface area contributed by atoms with E-state index in [0.717, 1.165) is 33.3 Å². The minimum absolute atomic E-state index is 0.127. The van der Waals surface area contributed by atoms with E-state index in [2.05, 4.69) is 52.4 Å². The maximum atomic E-state index is 10.5. The lowest BCUT2D eigenvalue weighted by atomic mass is 9.93. The van der Waals surface area contributed by atoms with Crippen LogP contribution in [0.5, 0.6) is 5.75 Å². The summed E-state index contributed by atoms with van der Waals surface area (Å²) < 4.78 is 0.912. The van der Waals surface area contributed by atoms with E-state index in [1.54, 1.807) is 12.1 Å². The van der Waals surface area contributed by atoms with Crippen molar-refractivity contribution < 1.29 is 5.11 Å². The Kier molecular flexibility index (Phi) is 6.49. The van der Waals surface area contributed by atoms with Crippen LogP contribution < -0.4 is 5.32 Å². The van der Waals surface area contributed by atoms with Crippen molar-refractivity contribution in [1.82, 2.24) is 5.32 Å². The number of phenolic OH excluding ortho intramolecular Hbond substituents is 1. The van der Waals surface area contributed by atoms with Crippen molar-refractivity contribution in [2.24, 2.45) is 4.99 Å². The Balaban J connectivity index is 1.78. The molecule has 3 aromatic carbocycles. The van der Waals surface area contributed by atoms with E-state index in [9.17, 15) is 5.11 Å². The van der Waals surface area contributed by atoms with Crippen molar-refractivity contribution in [2.45, 2.75) is 32.0 Å². The zero-order chi connectivity index (χ0) is 21.3. The first-order chi connectivity index (χ1) is 14.4. The first-order valence-corrected chi connectivity index (χ1v) is 11.3. The van der Waals surface area contributed by atoms with Crippen LogP contribution in [0.15, 0.2) is 70.1 Å². The van der Waals surface area contributed by atoms with E-state index < -0.39 is 0 Å². The van der Waals surface area contributed by atoms with Crippen molar-refractivity contribution in [3.63, 3.8) is 0 Å². The summed E-state index contributed by atoms with van der Waals surface area (Å²) in [6.45, 7) is 2.14. The topological polar surface area (TPSA) is 44.6 Å². The minimum Gasteiger partial charge on any atom is -0.508 e. The Morgan fingerprint density at radius 2 is 1.80 bits per heavy atom. The van der Waals surface area contributed by atoms with Crippen molar-refractivity contribution in [3.05, 3.63) is 97.4 Å². The van der Waals surface area contributed by atoms with Crippen LogP contribution in [0.3, 0.4) is 0 Å². The lowest BCUT2D eigenvalue weighted by Crippen LogP contribution is -2.33. The SMILES string of the molecule is CCc1ccc(C2=N[C@@H](c3ccc(Cl)cc3Cl)N[C@H](c3cc(Br)ccc3O)C2)cc1. The number of aliphatic imine (C=N–C) groups is 1. The maximum absolute atomic E-state index is 10.5.